The lowest BCUT2D eigenvalue weighted by Gasteiger charge is -2.33. The van der Waals surface area contributed by atoms with E-state index in [0.717, 1.165) is 0 Å². The largest absolute Gasteiger partial charge is 0.364 e. The van der Waals surface area contributed by atoms with Gasteiger partial charge in [0.2, 0.25) is 0 Å². The highest BCUT2D eigenvalue weighted by molar-refractivity contribution is 5.61. The molecule has 22 heavy (non-hydrogen) atoms. The van der Waals surface area contributed by atoms with Crippen LogP contribution in [-0.4, -0.2) is 52.4 Å². The molecule has 0 saturated carbocycles. The van der Waals surface area contributed by atoms with Crippen molar-refractivity contribution in [3.05, 3.63) is 23.3 Å². The molecular formula is C14H18F4N4. The van der Waals surface area contributed by atoms with Crippen LogP contribution in [0.3, 0.4) is 0 Å². The summed E-state index contributed by atoms with van der Waals surface area (Å²) in [5.74, 6) is -5.24. The highest BCUT2D eigenvalue weighted by atomic mass is 19.2. The molecule has 0 bridgehead atoms. The van der Waals surface area contributed by atoms with Crippen LogP contribution >= 0.6 is 0 Å². The molecular weight excluding hydrogens is 300 g/mol. The van der Waals surface area contributed by atoms with E-state index in [9.17, 15) is 17.6 Å². The zero-order valence-corrected chi connectivity index (χ0v) is 12.1. The first-order chi connectivity index (χ1) is 10.6. The highest BCUT2D eigenvalue weighted by Crippen LogP contribution is 2.36. The first-order valence-corrected chi connectivity index (χ1v) is 7.38. The molecule has 0 spiro atoms. The topological polar surface area (TPSA) is 30.5 Å². The molecule has 0 atom stereocenters. The van der Waals surface area contributed by atoms with E-state index in [2.05, 4.69) is 10.6 Å². The lowest BCUT2D eigenvalue weighted by molar-refractivity contribution is 0.440. The predicted molar refractivity (Wildman–Crippen MR) is 76.4 cm³/mol. The maximum atomic E-state index is 14.4. The van der Waals surface area contributed by atoms with Crippen molar-refractivity contribution in [2.24, 2.45) is 0 Å². The second kappa shape index (κ2) is 6.29. The molecule has 1 aromatic carbocycles. The molecule has 2 saturated heterocycles. The third kappa shape index (κ3) is 2.61. The summed E-state index contributed by atoms with van der Waals surface area (Å²) in [5.41, 5.74) is -1.20. The Kier molecular flexibility index (Phi) is 4.39. The maximum Gasteiger partial charge on any atom is 0.187 e. The molecule has 2 heterocycles. The van der Waals surface area contributed by atoms with Crippen molar-refractivity contribution in [3.8, 4) is 0 Å². The molecule has 2 aliphatic rings. The number of piperazine rings is 2. The Hall–Kier alpha value is -1.54. The van der Waals surface area contributed by atoms with Gasteiger partial charge < -0.3 is 20.4 Å². The normalized spacial score (nSPS) is 19.6. The minimum absolute atomic E-state index is 0.305. The van der Waals surface area contributed by atoms with Gasteiger partial charge in [0.05, 0.1) is 0 Å². The standard InChI is InChI=1S/C14H18F4N4/c15-9-11(17)14(22-7-3-20-4-8-22)12(18)10(16)13(9)21-5-1-19-2-6-21/h19-20H,1-8H2. The maximum absolute atomic E-state index is 14.4. The number of benzene rings is 1. The molecule has 2 fully saturated rings. The number of nitrogens with zero attached hydrogens (tertiary/aromatic N) is 2. The number of nitrogens with one attached hydrogen (secondary N) is 2. The van der Waals surface area contributed by atoms with Gasteiger partial charge in [0, 0.05) is 52.4 Å². The number of hydrogen-bond donors (Lipinski definition) is 2. The molecule has 0 aromatic heterocycles. The third-order valence-corrected chi connectivity index (χ3v) is 4.08. The fraction of sp³-hybridized carbons (Fsp3) is 0.571. The zero-order chi connectivity index (χ0) is 15.7. The van der Waals surface area contributed by atoms with E-state index in [0.29, 0.717) is 52.4 Å². The van der Waals surface area contributed by atoms with E-state index in [-0.39, 0.29) is 0 Å². The lowest BCUT2D eigenvalue weighted by Crippen LogP contribution is -2.46. The first-order valence-electron chi connectivity index (χ1n) is 7.38. The van der Waals surface area contributed by atoms with E-state index >= 15 is 0 Å². The van der Waals surface area contributed by atoms with Crippen LogP contribution in [0.4, 0.5) is 28.9 Å². The molecule has 8 heteroatoms. The van der Waals surface area contributed by atoms with Gasteiger partial charge in [0.1, 0.15) is 11.4 Å². The molecule has 0 radical (unpaired) electrons. The van der Waals surface area contributed by atoms with Gasteiger partial charge in [-0.1, -0.05) is 0 Å². The Morgan fingerprint density at radius 3 is 1.09 bits per heavy atom. The fourth-order valence-corrected chi connectivity index (χ4v) is 2.94. The molecule has 2 aliphatic heterocycles. The van der Waals surface area contributed by atoms with E-state index in [1.54, 1.807) is 0 Å². The van der Waals surface area contributed by atoms with Crippen LogP contribution in [0, 0.1) is 23.3 Å². The van der Waals surface area contributed by atoms with Gasteiger partial charge in [-0.05, 0) is 0 Å². The van der Waals surface area contributed by atoms with Crippen molar-refractivity contribution in [1.82, 2.24) is 10.6 Å². The van der Waals surface area contributed by atoms with Gasteiger partial charge in [-0.15, -0.1) is 0 Å². The molecule has 0 unspecified atom stereocenters. The monoisotopic (exact) mass is 318 g/mol. The van der Waals surface area contributed by atoms with Gasteiger partial charge >= 0.3 is 0 Å². The molecule has 3 rings (SSSR count). The van der Waals surface area contributed by atoms with Crippen molar-refractivity contribution >= 4 is 11.4 Å². The van der Waals surface area contributed by atoms with Crippen molar-refractivity contribution in [3.63, 3.8) is 0 Å². The lowest BCUT2D eigenvalue weighted by atomic mass is 10.1. The second-order valence-corrected chi connectivity index (χ2v) is 5.43. The van der Waals surface area contributed by atoms with Gasteiger partial charge in [0.25, 0.3) is 0 Å². The van der Waals surface area contributed by atoms with Crippen LogP contribution in [0.15, 0.2) is 0 Å². The van der Waals surface area contributed by atoms with Crippen LogP contribution in [0.1, 0.15) is 0 Å². The van der Waals surface area contributed by atoms with E-state index < -0.39 is 34.6 Å². The highest BCUT2D eigenvalue weighted by Gasteiger charge is 2.32. The van der Waals surface area contributed by atoms with Crippen LogP contribution < -0.4 is 20.4 Å². The van der Waals surface area contributed by atoms with E-state index in [4.69, 9.17) is 0 Å². The SMILES string of the molecule is Fc1c(F)c(N2CCNCC2)c(F)c(F)c1N1CCNCC1. The molecule has 0 amide bonds. The first kappa shape index (κ1) is 15.4. The van der Waals surface area contributed by atoms with Crippen molar-refractivity contribution in [2.45, 2.75) is 0 Å². The molecule has 2 N–H and O–H groups in total. The molecule has 1 aromatic rings. The number of rotatable bonds is 2. The van der Waals surface area contributed by atoms with Crippen LogP contribution in [0.5, 0.6) is 0 Å². The van der Waals surface area contributed by atoms with Gasteiger partial charge in [-0.25, -0.2) is 17.6 Å². The zero-order valence-electron chi connectivity index (χ0n) is 12.1. The van der Waals surface area contributed by atoms with Gasteiger partial charge in [-0.3, -0.25) is 0 Å². The number of anilines is 2. The average Bonchev–Trinajstić information content (AvgIpc) is 2.55. The Balaban J connectivity index is 2.03. The smallest absolute Gasteiger partial charge is 0.187 e. The van der Waals surface area contributed by atoms with Gasteiger partial charge in [-0.2, -0.15) is 0 Å². The summed E-state index contributed by atoms with van der Waals surface area (Å²) in [4.78, 5) is 2.68. The molecule has 4 nitrogen and oxygen atoms in total. The Morgan fingerprint density at radius 2 is 0.818 bits per heavy atom. The molecule has 0 aliphatic carbocycles. The summed E-state index contributed by atoms with van der Waals surface area (Å²) in [5, 5.41) is 6.05. The number of halogens is 4. The van der Waals surface area contributed by atoms with E-state index in [1.165, 1.54) is 9.80 Å². The van der Waals surface area contributed by atoms with Gasteiger partial charge in [0.15, 0.2) is 23.3 Å². The summed E-state index contributed by atoms with van der Waals surface area (Å²) in [6.45, 7) is 3.28. The van der Waals surface area contributed by atoms with Crippen LogP contribution in [0.2, 0.25) is 0 Å². The van der Waals surface area contributed by atoms with Crippen LogP contribution in [-0.2, 0) is 0 Å². The minimum atomic E-state index is -1.31. The summed E-state index contributed by atoms with van der Waals surface area (Å²) >= 11 is 0. The fourth-order valence-electron chi connectivity index (χ4n) is 2.94. The van der Waals surface area contributed by atoms with Crippen molar-refractivity contribution in [2.75, 3.05) is 62.2 Å². The second-order valence-electron chi connectivity index (χ2n) is 5.43. The summed E-state index contributed by atoms with van der Waals surface area (Å²) < 4.78 is 57.4. The summed E-state index contributed by atoms with van der Waals surface area (Å²) in [6, 6.07) is 0. The molecule has 122 valence electrons. The summed E-state index contributed by atoms with van der Waals surface area (Å²) in [6.07, 6.45) is 0. The minimum Gasteiger partial charge on any atom is -0.364 e. The van der Waals surface area contributed by atoms with Crippen LogP contribution in [0.25, 0.3) is 0 Å². The van der Waals surface area contributed by atoms with Crippen molar-refractivity contribution in [1.29, 1.82) is 0 Å². The quantitative estimate of drug-likeness (QED) is 0.631. The predicted octanol–water partition coefficient (Wildman–Crippen LogP) is 1.06. The average molecular weight is 318 g/mol. The number of hydrogen-bond acceptors (Lipinski definition) is 4. The van der Waals surface area contributed by atoms with Crippen molar-refractivity contribution < 1.29 is 17.6 Å². The third-order valence-electron chi connectivity index (χ3n) is 4.08. The Labute approximate surface area is 126 Å². The summed E-state index contributed by atoms with van der Waals surface area (Å²) in [7, 11) is 0. The van der Waals surface area contributed by atoms with E-state index in [1.807, 2.05) is 0 Å². The Morgan fingerprint density at radius 1 is 0.545 bits per heavy atom. The Bertz CT molecular complexity index is 476.